The van der Waals surface area contributed by atoms with Crippen LogP contribution >= 0.6 is 28.1 Å². The number of hydrogen-bond acceptors (Lipinski definition) is 2. The molecule has 0 saturated heterocycles. The Morgan fingerprint density at radius 1 is 1.11 bits per heavy atom. The number of amides is 1. The van der Waals surface area contributed by atoms with Crippen LogP contribution in [0.5, 0.6) is 0 Å². The minimum atomic E-state index is -0.198. The van der Waals surface area contributed by atoms with Gasteiger partial charge in [0, 0.05) is 15.6 Å². The standard InChI is InChI=1S/C14H11BrN2OS/c15-10-7-5-9(6-8-10)14(18)17-12-4-2-1-3-11(12)13(16)19/h1-8H,(H2,16,19)(H,17,18). The summed E-state index contributed by atoms with van der Waals surface area (Å²) in [5.41, 5.74) is 7.46. The molecule has 96 valence electrons. The van der Waals surface area contributed by atoms with E-state index in [1.54, 1.807) is 24.3 Å². The average Bonchev–Trinajstić information content (AvgIpc) is 2.39. The molecular weight excluding hydrogens is 324 g/mol. The molecule has 5 heteroatoms. The Kier molecular flexibility index (Phi) is 4.29. The zero-order chi connectivity index (χ0) is 13.8. The van der Waals surface area contributed by atoms with Crippen LogP contribution in [-0.2, 0) is 0 Å². The van der Waals surface area contributed by atoms with Gasteiger partial charge in [-0.25, -0.2) is 0 Å². The highest BCUT2D eigenvalue weighted by Crippen LogP contribution is 2.17. The molecule has 0 aliphatic carbocycles. The highest BCUT2D eigenvalue weighted by molar-refractivity contribution is 9.10. The van der Waals surface area contributed by atoms with Gasteiger partial charge in [-0.05, 0) is 36.4 Å². The Hall–Kier alpha value is -1.72. The second-order valence-corrected chi connectivity index (χ2v) is 5.23. The number of hydrogen-bond donors (Lipinski definition) is 2. The molecule has 0 saturated carbocycles. The molecule has 0 aromatic heterocycles. The first-order valence-corrected chi connectivity index (χ1v) is 6.74. The molecule has 0 atom stereocenters. The van der Waals surface area contributed by atoms with Crippen LogP contribution in [0.15, 0.2) is 53.0 Å². The van der Waals surface area contributed by atoms with E-state index in [0.717, 1.165) is 4.47 Å². The third-order valence-corrected chi connectivity index (χ3v) is 3.30. The molecule has 0 heterocycles. The first kappa shape index (κ1) is 13.7. The third-order valence-electron chi connectivity index (χ3n) is 2.55. The zero-order valence-electron chi connectivity index (χ0n) is 9.89. The molecule has 0 spiro atoms. The van der Waals surface area contributed by atoms with E-state index in [0.29, 0.717) is 16.8 Å². The molecule has 2 aromatic rings. The molecular formula is C14H11BrN2OS. The molecule has 2 aromatic carbocycles. The first-order chi connectivity index (χ1) is 9.08. The van der Waals surface area contributed by atoms with Crippen molar-refractivity contribution in [2.45, 2.75) is 0 Å². The van der Waals surface area contributed by atoms with Crippen LogP contribution in [0.1, 0.15) is 15.9 Å². The zero-order valence-corrected chi connectivity index (χ0v) is 12.3. The Bertz CT molecular complexity index is 626. The summed E-state index contributed by atoms with van der Waals surface area (Å²) in [6.45, 7) is 0. The Morgan fingerprint density at radius 2 is 1.74 bits per heavy atom. The van der Waals surface area contributed by atoms with E-state index in [9.17, 15) is 4.79 Å². The molecule has 0 aliphatic heterocycles. The van der Waals surface area contributed by atoms with E-state index < -0.39 is 0 Å². The maximum Gasteiger partial charge on any atom is 0.255 e. The highest BCUT2D eigenvalue weighted by Gasteiger charge is 2.09. The average molecular weight is 335 g/mol. The Morgan fingerprint density at radius 3 is 2.37 bits per heavy atom. The van der Waals surface area contributed by atoms with Crippen molar-refractivity contribution in [3.05, 3.63) is 64.1 Å². The van der Waals surface area contributed by atoms with Crippen LogP contribution in [-0.4, -0.2) is 10.9 Å². The summed E-state index contributed by atoms with van der Waals surface area (Å²) in [5.74, 6) is -0.198. The minimum absolute atomic E-state index is 0.198. The van der Waals surface area contributed by atoms with Gasteiger partial charge in [-0.15, -0.1) is 0 Å². The second kappa shape index (κ2) is 5.95. The van der Waals surface area contributed by atoms with E-state index in [1.807, 2.05) is 24.3 Å². The van der Waals surface area contributed by atoms with Crippen molar-refractivity contribution in [3.8, 4) is 0 Å². The monoisotopic (exact) mass is 334 g/mol. The molecule has 0 bridgehead atoms. The maximum absolute atomic E-state index is 12.1. The number of rotatable bonds is 3. The normalized spacial score (nSPS) is 9.95. The second-order valence-electron chi connectivity index (χ2n) is 3.87. The van der Waals surface area contributed by atoms with Gasteiger partial charge in [-0.1, -0.05) is 40.3 Å². The number of carbonyl (C=O) groups is 1. The van der Waals surface area contributed by atoms with Crippen molar-refractivity contribution in [1.29, 1.82) is 0 Å². The maximum atomic E-state index is 12.1. The lowest BCUT2D eigenvalue weighted by Crippen LogP contribution is -2.17. The van der Waals surface area contributed by atoms with Gasteiger partial charge in [0.1, 0.15) is 4.99 Å². The summed E-state index contributed by atoms with van der Waals surface area (Å²) in [4.78, 5) is 12.3. The Balaban J connectivity index is 2.24. The van der Waals surface area contributed by atoms with Gasteiger partial charge in [0.2, 0.25) is 0 Å². The van der Waals surface area contributed by atoms with Gasteiger partial charge >= 0.3 is 0 Å². The molecule has 19 heavy (non-hydrogen) atoms. The molecule has 2 rings (SSSR count). The van der Waals surface area contributed by atoms with Crippen LogP contribution in [0, 0.1) is 0 Å². The van der Waals surface area contributed by atoms with Crippen LogP contribution in [0.4, 0.5) is 5.69 Å². The number of nitrogens with one attached hydrogen (secondary N) is 1. The van der Waals surface area contributed by atoms with E-state index >= 15 is 0 Å². The number of halogens is 1. The number of anilines is 1. The van der Waals surface area contributed by atoms with Gasteiger partial charge in [-0.3, -0.25) is 4.79 Å². The van der Waals surface area contributed by atoms with E-state index in [2.05, 4.69) is 21.2 Å². The predicted molar refractivity (Wildman–Crippen MR) is 84.4 cm³/mol. The molecule has 3 N–H and O–H groups in total. The summed E-state index contributed by atoms with van der Waals surface area (Å²) in [5, 5.41) is 2.81. The number of thiocarbonyl (C=S) groups is 1. The fourth-order valence-corrected chi connectivity index (χ4v) is 2.05. The van der Waals surface area contributed by atoms with Crippen LogP contribution in [0.2, 0.25) is 0 Å². The van der Waals surface area contributed by atoms with Crippen LogP contribution in [0.3, 0.4) is 0 Å². The van der Waals surface area contributed by atoms with Crippen molar-refractivity contribution in [2.75, 3.05) is 5.32 Å². The van der Waals surface area contributed by atoms with Crippen molar-refractivity contribution in [3.63, 3.8) is 0 Å². The molecule has 3 nitrogen and oxygen atoms in total. The van der Waals surface area contributed by atoms with Gasteiger partial charge in [0.05, 0.1) is 5.69 Å². The predicted octanol–water partition coefficient (Wildman–Crippen LogP) is 3.34. The molecule has 0 fully saturated rings. The number of para-hydroxylation sites is 1. The quantitative estimate of drug-likeness (QED) is 0.846. The topological polar surface area (TPSA) is 55.1 Å². The van der Waals surface area contributed by atoms with Crippen molar-refractivity contribution in [1.82, 2.24) is 0 Å². The van der Waals surface area contributed by atoms with Gasteiger partial charge in [-0.2, -0.15) is 0 Å². The van der Waals surface area contributed by atoms with E-state index in [-0.39, 0.29) is 10.9 Å². The summed E-state index contributed by atoms with van der Waals surface area (Å²) < 4.78 is 0.924. The largest absolute Gasteiger partial charge is 0.389 e. The summed E-state index contributed by atoms with van der Waals surface area (Å²) >= 11 is 8.28. The number of nitrogens with two attached hydrogens (primary N) is 1. The molecule has 0 aliphatic rings. The van der Waals surface area contributed by atoms with Crippen molar-refractivity contribution in [2.24, 2.45) is 5.73 Å². The van der Waals surface area contributed by atoms with Crippen molar-refractivity contribution < 1.29 is 4.79 Å². The van der Waals surface area contributed by atoms with Gasteiger partial charge in [0.15, 0.2) is 0 Å². The highest BCUT2D eigenvalue weighted by atomic mass is 79.9. The summed E-state index contributed by atoms with van der Waals surface area (Å²) in [6.07, 6.45) is 0. The molecule has 0 unspecified atom stereocenters. The molecule has 0 radical (unpaired) electrons. The fourth-order valence-electron chi connectivity index (χ4n) is 1.60. The smallest absolute Gasteiger partial charge is 0.255 e. The number of carbonyl (C=O) groups excluding carboxylic acids is 1. The summed E-state index contributed by atoms with van der Waals surface area (Å²) in [6, 6.07) is 14.3. The van der Waals surface area contributed by atoms with Gasteiger partial charge in [0.25, 0.3) is 5.91 Å². The lowest BCUT2D eigenvalue weighted by atomic mass is 10.1. The SMILES string of the molecule is NC(=S)c1ccccc1NC(=O)c1ccc(Br)cc1. The molecule has 1 amide bonds. The lowest BCUT2D eigenvalue weighted by molar-refractivity contribution is 0.102. The van der Waals surface area contributed by atoms with Crippen molar-refractivity contribution >= 4 is 44.7 Å². The van der Waals surface area contributed by atoms with E-state index in [4.69, 9.17) is 18.0 Å². The number of benzene rings is 2. The first-order valence-electron chi connectivity index (χ1n) is 5.53. The third kappa shape index (κ3) is 3.39. The fraction of sp³-hybridized carbons (Fsp3) is 0. The van der Waals surface area contributed by atoms with E-state index in [1.165, 1.54) is 0 Å². The van der Waals surface area contributed by atoms with Crippen LogP contribution in [0.25, 0.3) is 0 Å². The minimum Gasteiger partial charge on any atom is -0.389 e. The summed E-state index contributed by atoms with van der Waals surface area (Å²) in [7, 11) is 0. The Labute approximate surface area is 124 Å². The lowest BCUT2D eigenvalue weighted by Gasteiger charge is -2.09. The van der Waals surface area contributed by atoms with Crippen LogP contribution < -0.4 is 11.1 Å². The van der Waals surface area contributed by atoms with Gasteiger partial charge < -0.3 is 11.1 Å².